The van der Waals surface area contributed by atoms with E-state index < -0.39 is 0 Å². The van der Waals surface area contributed by atoms with Gasteiger partial charge < -0.3 is 10.5 Å². The van der Waals surface area contributed by atoms with Crippen LogP contribution in [-0.2, 0) is 12.8 Å². The zero-order chi connectivity index (χ0) is 14.9. The molecule has 0 amide bonds. The minimum absolute atomic E-state index is 0.244. The molecule has 110 valence electrons. The van der Waals surface area contributed by atoms with Crippen molar-refractivity contribution in [1.82, 2.24) is 0 Å². The second kappa shape index (κ2) is 5.66. The molecule has 0 bridgehead atoms. The maximum atomic E-state index is 13.4. The zero-order valence-electron chi connectivity index (χ0n) is 11.6. The molecule has 0 saturated carbocycles. The van der Waals surface area contributed by atoms with Crippen LogP contribution in [-0.4, -0.2) is 13.2 Å². The van der Waals surface area contributed by atoms with Gasteiger partial charge in [0.2, 0.25) is 0 Å². The van der Waals surface area contributed by atoms with Crippen LogP contribution in [0.2, 0.25) is 5.02 Å². The Labute approximate surface area is 128 Å². The highest BCUT2D eigenvalue weighted by atomic mass is 35.5. The number of nitrogens with two attached hydrogens (primary N) is 1. The molecule has 0 fully saturated rings. The second-order valence-electron chi connectivity index (χ2n) is 5.69. The molecule has 1 heterocycles. The smallest absolute Gasteiger partial charge is 0.123 e. The molecule has 0 aromatic heterocycles. The number of hydrogen-bond acceptors (Lipinski definition) is 2. The Hall–Kier alpha value is -1.58. The van der Waals surface area contributed by atoms with Crippen molar-refractivity contribution in [2.45, 2.75) is 12.8 Å². The summed E-state index contributed by atoms with van der Waals surface area (Å²) in [7, 11) is 0. The van der Waals surface area contributed by atoms with Gasteiger partial charge in [0.25, 0.3) is 0 Å². The van der Waals surface area contributed by atoms with Crippen LogP contribution in [0.15, 0.2) is 42.5 Å². The molecule has 0 spiro atoms. The van der Waals surface area contributed by atoms with E-state index in [1.807, 2.05) is 24.3 Å². The average Bonchev–Trinajstić information content (AvgIpc) is 2.51. The van der Waals surface area contributed by atoms with Crippen molar-refractivity contribution < 1.29 is 9.13 Å². The van der Waals surface area contributed by atoms with E-state index >= 15 is 0 Å². The van der Waals surface area contributed by atoms with E-state index in [2.05, 4.69) is 0 Å². The summed E-state index contributed by atoms with van der Waals surface area (Å²) in [5, 5.41) is 0.572. The first-order valence-corrected chi connectivity index (χ1v) is 7.34. The van der Waals surface area contributed by atoms with Crippen LogP contribution in [0.5, 0.6) is 5.75 Å². The van der Waals surface area contributed by atoms with Gasteiger partial charge in [0.05, 0.1) is 6.61 Å². The third-order valence-electron chi connectivity index (χ3n) is 4.08. The van der Waals surface area contributed by atoms with Gasteiger partial charge in [-0.3, -0.25) is 0 Å². The summed E-state index contributed by atoms with van der Waals surface area (Å²) in [5.74, 6) is 0.630. The third-order valence-corrected chi connectivity index (χ3v) is 4.45. The van der Waals surface area contributed by atoms with E-state index in [9.17, 15) is 4.39 Å². The summed E-state index contributed by atoms with van der Waals surface area (Å²) in [6.45, 7) is 0.988. The second-order valence-corrected chi connectivity index (χ2v) is 6.10. The molecular formula is C17H17ClFNO. The van der Waals surface area contributed by atoms with Gasteiger partial charge in [-0.25, -0.2) is 4.39 Å². The standard InChI is InChI=1S/C17H17ClFNO/c18-15-6-5-14(19)7-13(15)9-17(10-20)8-12-3-1-2-4-16(12)21-11-17/h1-7H,8-11,20H2. The lowest BCUT2D eigenvalue weighted by molar-refractivity contribution is 0.126. The van der Waals surface area contributed by atoms with E-state index in [-0.39, 0.29) is 11.2 Å². The summed E-state index contributed by atoms with van der Waals surface area (Å²) in [5.41, 5.74) is 7.69. The highest BCUT2D eigenvalue weighted by molar-refractivity contribution is 6.31. The molecule has 0 aliphatic carbocycles. The summed E-state index contributed by atoms with van der Waals surface area (Å²) in [6, 6.07) is 12.4. The Morgan fingerprint density at radius 1 is 1.24 bits per heavy atom. The molecule has 1 unspecified atom stereocenters. The molecule has 3 rings (SSSR count). The maximum Gasteiger partial charge on any atom is 0.123 e. The van der Waals surface area contributed by atoms with Crippen molar-refractivity contribution in [3.63, 3.8) is 0 Å². The van der Waals surface area contributed by atoms with Crippen molar-refractivity contribution in [3.05, 3.63) is 64.4 Å². The van der Waals surface area contributed by atoms with Crippen LogP contribution in [0, 0.1) is 11.2 Å². The lowest BCUT2D eigenvalue weighted by Gasteiger charge is -2.37. The lowest BCUT2D eigenvalue weighted by atomic mass is 9.75. The Kier molecular flexibility index (Phi) is 3.87. The average molecular weight is 306 g/mol. The minimum Gasteiger partial charge on any atom is -0.493 e. The number of ether oxygens (including phenoxy) is 1. The normalized spacial score (nSPS) is 20.7. The maximum absolute atomic E-state index is 13.4. The third kappa shape index (κ3) is 2.89. The molecular weight excluding hydrogens is 289 g/mol. The van der Waals surface area contributed by atoms with Gasteiger partial charge >= 0.3 is 0 Å². The molecule has 2 N–H and O–H groups in total. The van der Waals surface area contributed by atoms with Crippen LogP contribution >= 0.6 is 11.6 Å². The Morgan fingerprint density at radius 3 is 2.86 bits per heavy atom. The number of hydrogen-bond donors (Lipinski definition) is 1. The lowest BCUT2D eigenvalue weighted by Crippen LogP contribution is -2.43. The van der Waals surface area contributed by atoms with E-state index in [0.29, 0.717) is 24.6 Å². The fraction of sp³-hybridized carbons (Fsp3) is 0.294. The van der Waals surface area contributed by atoms with E-state index in [4.69, 9.17) is 22.1 Å². The number of fused-ring (bicyclic) bond motifs is 1. The van der Waals surface area contributed by atoms with Crippen molar-refractivity contribution in [1.29, 1.82) is 0 Å². The van der Waals surface area contributed by atoms with Crippen molar-refractivity contribution in [2.24, 2.45) is 11.1 Å². The van der Waals surface area contributed by atoms with Gasteiger partial charge in [-0.2, -0.15) is 0 Å². The Morgan fingerprint density at radius 2 is 2.05 bits per heavy atom. The molecule has 1 aliphatic rings. The number of halogens is 2. The summed E-state index contributed by atoms with van der Waals surface area (Å²) in [4.78, 5) is 0. The zero-order valence-corrected chi connectivity index (χ0v) is 12.4. The molecule has 4 heteroatoms. The Balaban J connectivity index is 1.90. The minimum atomic E-state index is -0.279. The summed E-state index contributed by atoms with van der Waals surface area (Å²) < 4.78 is 19.3. The molecule has 0 saturated heterocycles. The van der Waals surface area contributed by atoms with E-state index in [1.165, 1.54) is 12.1 Å². The molecule has 2 aromatic carbocycles. The van der Waals surface area contributed by atoms with Gasteiger partial charge in [0.15, 0.2) is 0 Å². The Bertz CT molecular complexity index is 661. The van der Waals surface area contributed by atoms with E-state index in [0.717, 1.165) is 23.3 Å². The largest absolute Gasteiger partial charge is 0.493 e. The first-order valence-electron chi connectivity index (χ1n) is 6.97. The fourth-order valence-corrected chi connectivity index (χ4v) is 3.06. The monoisotopic (exact) mass is 305 g/mol. The SMILES string of the molecule is NCC1(Cc2cc(F)ccc2Cl)COc2ccccc2C1. The highest BCUT2D eigenvalue weighted by Gasteiger charge is 2.35. The molecule has 1 atom stereocenters. The molecule has 0 radical (unpaired) electrons. The summed E-state index contributed by atoms with van der Waals surface area (Å²) in [6.07, 6.45) is 1.42. The van der Waals surface area contributed by atoms with E-state index in [1.54, 1.807) is 6.07 Å². The fourth-order valence-electron chi connectivity index (χ4n) is 2.88. The van der Waals surface area contributed by atoms with Crippen LogP contribution < -0.4 is 10.5 Å². The summed E-state index contributed by atoms with van der Waals surface area (Å²) >= 11 is 6.19. The predicted molar refractivity (Wildman–Crippen MR) is 82.2 cm³/mol. The van der Waals surface area contributed by atoms with Crippen LogP contribution in [0.25, 0.3) is 0 Å². The van der Waals surface area contributed by atoms with Gasteiger partial charge in [0.1, 0.15) is 11.6 Å². The van der Waals surface area contributed by atoms with Gasteiger partial charge in [-0.05, 0) is 48.2 Å². The number of rotatable bonds is 3. The molecule has 2 aromatic rings. The van der Waals surface area contributed by atoms with Crippen LogP contribution in [0.1, 0.15) is 11.1 Å². The number of benzene rings is 2. The predicted octanol–water partition coefficient (Wildman–Crippen LogP) is 3.60. The van der Waals surface area contributed by atoms with Crippen molar-refractivity contribution >= 4 is 11.6 Å². The topological polar surface area (TPSA) is 35.2 Å². The number of para-hydroxylation sites is 1. The van der Waals surface area contributed by atoms with Gasteiger partial charge in [-0.15, -0.1) is 0 Å². The molecule has 2 nitrogen and oxygen atoms in total. The first-order chi connectivity index (χ1) is 10.1. The quantitative estimate of drug-likeness (QED) is 0.940. The van der Waals surface area contributed by atoms with Gasteiger partial charge in [0, 0.05) is 17.0 Å². The van der Waals surface area contributed by atoms with Crippen molar-refractivity contribution in [3.8, 4) is 5.75 Å². The molecule has 21 heavy (non-hydrogen) atoms. The highest BCUT2D eigenvalue weighted by Crippen LogP contribution is 2.37. The van der Waals surface area contributed by atoms with Crippen LogP contribution in [0.4, 0.5) is 4.39 Å². The first kappa shape index (κ1) is 14.4. The van der Waals surface area contributed by atoms with Crippen LogP contribution in [0.3, 0.4) is 0 Å². The van der Waals surface area contributed by atoms with Gasteiger partial charge in [-0.1, -0.05) is 29.8 Å². The molecule has 1 aliphatic heterocycles. The van der Waals surface area contributed by atoms with Crippen molar-refractivity contribution in [2.75, 3.05) is 13.2 Å².